The number of carbonyl (C=O) groups excluding carboxylic acids is 1. The molecule has 0 saturated carbocycles. The Balaban J connectivity index is 1.38. The second kappa shape index (κ2) is 9.96. The van der Waals surface area contributed by atoms with E-state index in [-0.39, 0.29) is 5.91 Å². The van der Waals surface area contributed by atoms with Gasteiger partial charge in [0, 0.05) is 26.8 Å². The van der Waals surface area contributed by atoms with E-state index in [0.717, 1.165) is 53.3 Å². The number of nitrogens with zero attached hydrogens (tertiary/aromatic N) is 1. The van der Waals surface area contributed by atoms with Gasteiger partial charge in [-0.1, -0.05) is 48.0 Å². The number of nitrogens with one attached hydrogen (secondary N) is 1. The molecule has 0 unspecified atom stereocenters. The highest BCUT2D eigenvalue weighted by Gasteiger charge is 2.14. The van der Waals surface area contributed by atoms with Crippen LogP contribution in [-0.4, -0.2) is 11.6 Å². The molecule has 5 heteroatoms. The van der Waals surface area contributed by atoms with Crippen LogP contribution in [0.5, 0.6) is 0 Å². The predicted molar refractivity (Wildman–Crippen MR) is 125 cm³/mol. The standard InChI is InChI=1S/C25H23ClN2OS/c26-21-13-15-22(16-14-21)30-17-18-9-11-20(12-10-18)25(29)28-27-24-8-4-2-6-19-5-1-3-7-23(19)24/h1,3,5,7,9-16H,2,4,6,8,17H2,(H,28,29)/b27-24+. The molecule has 0 fully saturated rings. The van der Waals surface area contributed by atoms with E-state index in [4.69, 9.17) is 11.6 Å². The lowest BCUT2D eigenvalue weighted by Gasteiger charge is -2.08. The van der Waals surface area contributed by atoms with Crippen molar-refractivity contribution in [2.45, 2.75) is 36.3 Å². The Morgan fingerprint density at radius 1 is 0.933 bits per heavy atom. The number of amides is 1. The lowest BCUT2D eigenvalue weighted by Crippen LogP contribution is -2.20. The monoisotopic (exact) mass is 434 g/mol. The third-order valence-electron chi connectivity index (χ3n) is 5.17. The maximum absolute atomic E-state index is 12.6. The molecule has 0 spiro atoms. The van der Waals surface area contributed by atoms with Crippen LogP contribution < -0.4 is 5.43 Å². The van der Waals surface area contributed by atoms with Crippen molar-refractivity contribution in [3.63, 3.8) is 0 Å². The molecule has 1 N–H and O–H groups in total. The summed E-state index contributed by atoms with van der Waals surface area (Å²) in [4.78, 5) is 13.7. The van der Waals surface area contributed by atoms with Crippen LogP contribution in [-0.2, 0) is 12.2 Å². The number of aryl methyl sites for hydroxylation is 1. The summed E-state index contributed by atoms with van der Waals surface area (Å²) in [5.41, 5.74) is 7.96. The number of hydrogen-bond acceptors (Lipinski definition) is 3. The summed E-state index contributed by atoms with van der Waals surface area (Å²) in [6, 6.07) is 23.9. The lowest BCUT2D eigenvalue weighted by atomic mass is 10.0. The predicted octanol–water partition coefficient (Wildman–Crippen LogP) is 6.49. The largest absolute Gasteiger partial charge is 0.271 e. The van der Waals surface area contributed by atoms with E-state index in [9.17, 15) is 4.79 Å². The minimum Gasteiger partial charge on any atom is -0.267 e. The Hall–Kier alpha value is -2.56. The Morgan fingerprint density at radius 2 is 1.67 bits per heavy atom. The molecule has 0 aliphatic heterocycles. The van der Waals surface area contributed by atoms with Gasteiger partial charge in [-0.2, -0.15) is 5.10 Å². The molecule has 1 aliphatic rings. The van der Waals surface area contributed by atoms with Crippen molar-refractivity contribution in [2.24, 2.45) is 5.10 Å². The molecule has 30 heavy (non-hydrogen) atoms. The number of thioether (sulfide) groups is 1. The molecular formula is C25H23ClN2OS. The van der Waals surface area contributed by atoms with Crippen molar-refractivity contribution in [1.82, 2.24) is 5.43 Å². The summed E-state index contributed by atoms with van der Waals surface area (Å²) < 4.78 is 0. The first kappa shape index (κ1) is 20.7. The van der Waals surface area contributed by atoms with Crippen LogP contribution in [0.4, 0.5) is 0 Å². The van der Waals surface area contributed by atoms with Crippen molar-refractivity contribution >= 4 is 35.0 Å². The highest BCUT2D eigenvalue weighted by molar-refractivity contribution is 7.98. The van der Waals surface area contributed by atoms with E-state index in [1.807, 2.05) is 54.6 Å². The molecule has 0 atom stereocenters. The molecule has 1 aliphatic carbocycles. The molecule has 0 heterocycles. The number of rotatable bonds is 5. The van der Waals surface area contributed by atoms with Crippen LogP contribution in [0, 0.1) is 0 Å². The normalized spacial score (nSPS) is 14.8. The van der Waals surface area contributed by atoms with Crippen molar-refractivity contribution in [1.29, 1.82) is 0 Å². The van der Waals surface area contributed by atoms with E-state index in [1.165, 1.54) is 10.5 Å². The van der Waals surface area contributed by atoms with E-state index in [2.05, 4.69) is 28.7 Å². The smallest absolute Gasteiger partial charge is 0.267 e. The Morgan fingerprint density at radius 3 is 2.47 bits per heavy atom. The first-order chi connectivity index (χ1) is 14.7. The van der Waals surface area contributed by atoms with Gasteiger partial charge in [-0.25, -0.2) is 5.43 Å². The Bertz CT molecular complexity index is 1050. The molecule has 152 valence electrons. The number of hydrazone groups is 1. The Kier molecular flexibility index (Phi) is 6.88. The van der Waals surface area contributed by atoms with E-state index in [1.54, 1.807) is 11.8 Å². The number of benzene rings is 3. The molecule has 3 nitrogen and oxygen atoms in total. The highest BCUT2D eigenvalue weighted by atomic mass is 35.5. The van der Waals surface area contributed by atoms with Crippen LogP contribution in [0.15, 0.2) is 82.8 Å². The van der Waals surface area contributed by atoms with Crippen molar-refractivity contribution in [2.75, 3.05) is 0 Å². The lowest BCUT2D eigenvalue weighted by molar-refractivity contribution is 0.0955. The SMILES string of the molecule is O=C(N/N=C1\CCCCc2ccccc21)c1ccc(CSc2ccc(Cl)cc2)cc1. The van der Waals surface area contributed by atoms with Crippen LogP contribution in [0.2, 0.25) is 5.02 Å². The first-order valence-electron chi connectivity index (χ1n) is 10.1. The second-order valence-corrected chi connectivity index (χ2v) is 8.79. The average molecular weight is 435 g/mol. The summed E-state index contributed by atoms with van der Waals surface area (Å²) in [6.45, 7) is 0. The van der Waals surface area contributed by atoms with Crippen molar-refractivity contribution < 1.29 is 4.79 Å². The number of halogens is 1. The summed E-state index contributed by atoms with van der Waals surface area (Å²) in [5.74, 6) is 0.656. The average Bonchev–Trinajstić information content (AvgIpc) is 3.00. The summed E-state index contributed by atoms with van der Waals surface area (Å²) >= 11 is 7.67. The first-order valence-corrected chi connectivity index (χ1v) is 11.5. The number of carbonyl (C=O) groups is 1. The minimum absolute atomic E-state index is 0.180. The molecule has 0 bridgehead atoms. The van der Waals surface area contributed by atoms with Gasteiger partial charge in [0.05, 0.1) is 5.71 Å². The van der Waals surface area contributed by atoms with Gasteiger partial charge < -0.3 is 0 Å². The molecule has 3 aromatic carbocycles. The maximum Gasteiger partial charge on any atom is 0.271 e. The van der Waals surface area contributed by atoms with Gasteiger partial charge in [0.15, 0.2) is 0 Å². The number of fused-ring (bicyclic) bond motifs is 1. The van der Waals surface area contributed by atoms with Gasteiger partial charge in [-0.3, -0.25) is 4.79 Å². The quantitative estimate of drug-likeness (QED) is 0.283. The molecule has 0 radical (unpaired) electrons. The zero-order chi connectivity index (χ0) is 20.8. The molecule has 4 rings (SSSR count). The fourth-order valence-corrected chi connectivity index (χ4v) is 4.49. The van der Waals surface area contributed by atoms with Crippen molar-refractivity contribution in [3.05, 3.63) is 100 Å². The van der Waals surface area contributed by atoms with Gasteiger partial charge in [-0.05, 0) is 73.2 Å². The molecule has 1 amide bonds. The van der Waals surface area contributed by atoms with Gasteiger partial charge in [-0.15, -0.1) is 11.8 Å². The van der Waals surface area contributed by atoms with Crippen LogP contribution in [0.25, 0.3) is 0 Å². The molecule has 3 aromatic rings. The molecule has 0 aromatic heterocycles. The van der Waals surface area contributed by atoms with Crippen LogP contribution >= 0.6 is 23.4 Å². The third-order valence-corrected chi connectivity index (χ3v) is 6.50. The minimum atomic E-state index is -0.180. The fraction of sp³-hybridized carbons (Fsp3) is 0.200. The van der Waals surface area contributed by atoms with Gasteiger partial charge in [0.25, 0.3) is 5.91 Å². The molecular weight excluding hydrogens is 412 g/mol. The van der Waals surface area contributed by atoms with Crippen molar-refractivity contribution in [3.8, 4) is 0 Å². The summed E-state index contributed by atoms with van der Waals surface area (Å²) in [5, 5.41) is 5.21. The highest BCUT2D eigenvalue weighted by Crippen LogP contribution is 2.24. The second-order valence-electron chi connectivity index (χ2n) is 7.30. The maximum atomic E-state index is 12.6. The van der Waals surface area contributed by atoms with Gasteiger partial charge in [0.2, 0.25) is 0 Å². The van der Waals surface area contributed by atoms with E-state index in [0.29, 0.717) is 5.56 Å². The fourth-order valence-electron chi connectivity index (χ4n) is 3.51. The zero-order valence-electron chi connectivity index (χ0n) is 16.6. The van der Waals surface area contributed by atoms with Crippen LogP contribution in [0.3, 0.4) is 0 Å². The van der Waals surface area contributed by atoms with Gasteiger partial charge in [0.1, 0.15) is 0 Å². The van der Waals surface area contributed by atoms with Crippen LogP contribution in [0.1, 0.15) is 46.3 Å². The Labute approximate surface area is 186 Å². The topological polar surface area (TPSA) is 41.5 Å². The molecule has 0 saturated heterocycles. The van der Waals surface area contributed by atoms with E-state index < -0.39 is 0 Å². The zero-order valence-corrected chi connectivity index (χ0v) is 18.2. The number of hydrogen-bond donors (Lipinski definition) is 1. The van der Waals surface area contributed by atoms with E-state index >= 15 is 0 Å². The third kappa shape index (κ3) is 5.32. The summed E-state index contributed by atoms with van der Waals surface area (Å²) in [6.07, 6.45) is 4.19. The van der Waals surface area contributed by atoms with Gasteiger partial charge >= 0.3 is 0 Å². The summed E-state index contributed by atoms with van der Waals surface area (Å²) in [7, 11) is 0.